The van der Waals surface area contributed by atoms with E-state index in [2.05, 4.69) is 0 Å². The molecule has 0 atom stereocenters. The third kappa shape index (κ3) is 2.81. The SMILES string of the molecule is N#CCC1(COC(=O)c2cc(F)c(F)cc2N)CC1. The zero-order valence-electron chi connectivity index (χ0n) is 10.1. The number of benzene rings is 1. The maximum absolute atomic E-state index is 13.0. The Morgan fingerprint density at radius 3 is 2.63 bits per heavy atom. The minimum Gasteiger partial charge on any atom is -0.461 e. The summed E-state index contributed by atoms with van der Waals surface area (Å²) in [7, 11) is 0. The van der Waals surface area contributed by atoms with E-state index < -0.39 is 17.6 Å². The Bertz CT molecular complexity index is 562. The Balaban J connectivity index is 2.05. The van der Waals surface area contributed by atoms with Crippen LogP contribution in [0.4, 0.5) is 14.5 Å². The van der Waals surface area contributed by atoms with Crippen LogP contribution in [0.3, 0.4) is 0 Å². The molecule has 0 amide bonds. The maximum Gasteiger partial charge on any atom is 0.340 e. The van der Waals surface area contributed by atoms with Crippen molar-refractivity contribution in [3.05, 3.63) is 29.3 Å². The summed E-state index contributed by atoms with van der Waals surface area (Å²) in [6, 6.07) is 3.50. The topological polar surface area (TPSA) is 76.1 Å². The third-order valence-electron chi connectivity index (χ3n) is 3.23. The molecule has 2 N–H and O–H groups in total. The molecular formula is C13H12F2N2O2. The van der Waals surface area contributed by atoms with Crippen molar-refractivity contribution >= 4 is 11.7 Å². The fourth-order valence-electron chi connectivity index (χ4n) is 1.75. The highest BCUT2D eigenvalue weighted by molar-refractivity contribution is 5.95. The molecular weight excluding hydrogens is 254 g/mol. The van der Waals surface area contributed by atoms with Crippen LogP contribution in [0.5, 0.6) is 0 Å². The fraction of sp³-hybridized carbons (Fsp3) is 0.385. The van der Waals surface area contributed by atoms with Gasteiger partial charge in [-0.2, -0.15) is 5.26 Å². The molecule has 100 valence electrons. The van der Waals surface area contributed by atoms with Gasteiger partial charge < -0.3 is 10.5 Å². The lowest BCUT2D eigenvalue weighted by Crippen LogP contribution is -2.16. The molecule has 0 bridgehead atoms. The van der Waals surface area contributed by atoms with Crippen molar-refractivity contribution in [1.29, 1.82) is 5.26 Å². The van der Waals surface area contributed by atoms with Gasteiger partial charge in [0.15, 0.2) is 11.6 Å². The number of ether oxygens (including phenoxy) is 1. The standard InChI is InChI=1S/C13H12F2N2O2/c14-9-5-8(11(17)6-10(9)15)12(18)19-7-13(1-2-13)3-4-16/h5-6H,1-3,7,17H2. The van der Waals surface area contributed by atoms with Crippen LogP contribution in [0, 0.1) is 28.4 Å². The molecule has 6 heteroatoms. The van der Waals surface area contributed by atoms with E-state index in [-0.39, 0.29) is 23.3 Å². The zero-order valence-corrected chi connectivity index (χ0v) is 10.1. The molecule has 1 fully saturated rings. The van der Waals surface area contributed by atoms with E-state index in [1.165, 1.54) is 0 Å². The number of halogens is 2. The molecule has 1 aromatic rings. The van der Waals surface area contributed by atoms with Crippen LogP contribution in [-0.2, 0) is 4.74 Å². The predicted molar refractivity (Wildman–Crippen MR) is 62.9 cm³/mol. The number of rotatable bonds is 4. The van der Waals surface area contributed by atoms with Crippen LogP contribution in [-0.4, -0.2) is 12.6 Å². The number of nitrogens with zero attached hydrogens (tertiary/aromatic N) is 1. The van der Waals surface area contributed by atoms with Gasteiger partial charge in [-0.05, 0) is 18.9 Å². The number of carbonyl (C=O) groups excluding carboxylic acids is 1. The van der Waals surface area contributed by atoms with E-state index in [0.717, 1.165) is 25.0 Å². The largest absolute Gasteiger partial charge is 0.461 e. The van der Waals surface area contributed by atoms with Crippen LogP contribution >= 0.6 is 0 Å². The summed E-state index contributed by atoms with van der Waals surface area (Å²) >= 11 is 0. The van der Waals surface area contributed by atoms with Crippen molar-refractivity contribution in [3.63, 3.8) is 0 Å². The number of nitrogen functional groups attached to an aromatic ring is 1. The highest BCUT2D eigenvalue weighted by Crippen LogP contribution is 2.48. The van der Waals surface area contributed by atoms with Gasteiger partial charge in [0.05, 0.1) is 18.2 Å². The lowest BCUT2D eigenvalue weighted by Gasteiger charge is -2.12. The third-order valence-corrected chi connectivity index (χ3v) is 3.23. The lowest BCUT2D eigenvalue weighted by atomic mass is 10.1. The molecule has 0 spiro atoms. The number of nitriles is 1. The van der Waals surface area contributed by atoms with E-state index in [0.29, 0.717) is 6.42 Å². The van der Waals surface area contributed by atoms with Crippen LogP contribution < -0.4 is 5.73 Å². The molecule has 1 aromatic carbocycles. The first-order valence-corrected chi connectivity index (χ1v) is 5.76. The van der Waals surface area contributed by atoms with Gasteiger partial charge in [-0.1, -0.05) is 0 Å². The molecule has 19 heavy (non-hydrogen) atoms. The first-order valence-electron chi connectivity index (χ1n) is 5.76. The van der Waals surface area contributed by atoms with E-state index in [1.807, 2.05) is 6.07 Å². The number of hydrogen-bond donors (Lipinski definition) is 1. The highest BCUT2D eigenvalue weighted by Gasteiger charge is 2.43. The number of hydrogen-bond acceptors (Lipinski definition) is 4. The highest BCUT2D eigenvalue weighted by atomic mass is 19.2. The number of carbonyl (C=O) groups is 1. The van der Waals surface area contributed by atoms with Gasteiger partial charge in [0, 0.05) is 23.6 Å². The summed E-state index contributed by atoms with van der Waals surface area (Å²) in [6.45, 7) is 0.0951. The van der Waals surface area contributed by atoms with Crippen molar-refractivity contribution in [2.75, 3.05) is 12.3 Å². The molecule has 0 aromatic heterocycles. The van der Waals surface area contributed by atoms with Gasteiger partial charge in [0.1, 0.15) is 0 Å². The molecule has 1 aliphatic carbocycles. The first-order chi connectivity index (χ1) is 8.97. The Kier molecular flexibility index (Phi) is 3.38. The van der Waals surface area contributed by atoms with Crippen LogP contribution in [0.15, 0.2) is 12.1 Å². The quantitative estimate of drug-likeness (QED) is 0.670. The van der Waals surface area contributed by atoms with Crippen molar-refractivity contribution in [2.24, 2.45) is 5.41 Å². The average molecular weight is 266 g/mol. The zero-order chi connectivity index (χ0) is 14.0. The summed E-state index contributed by atoms with van der Waals surface area (Å²) < 4.78 is 30.9. The van der Waals surface area contributed by atoms with Crippen molar-refractivity contribution in [2.45, 2.75) is 19.3 Å². The summed E-state index contributed by atoms with van der Waals surface area (Å²) in [6.07, 6.45) is 1.95. The second kappa shape index (κ2) is 4.84. The van der Waals surface area contributed by atoms with Crippen molar-refractivity contribution < 1.29 is 18.3 Å². The van der Waals surface area contributed by atoms with Crippen molar-refractivity contribution in [1.82, 2.24) is 0 Å². The van der Waals surface area contributed by atoms with E-state index in [1.54, 1.807) is 0 Å². The summed E-state index contributed by atoms with van der Waals surface area (Å²) in [4.78, 5) is 11.7. The van der Waals surface area contributed by atoms with Gasteiger partial charge in [-0.25, -0.2) is 13.6 Å². The average Bonchev–Trinajstić information content (AvgIpc) is 3.12. The van der Waals surface area contributed by atoms with E-state index in [9.17, 15) is 13.6 Å². The monoisotopic (exact) mass is 266 g/mol. The van der Waals surface area contributed by atoms with Gasteiger partial charge >= 0.3 is 5.97 Å². The fourth-order valence-corrected chi connectivity index (χ4v) is 1.75. The summed E-state index contributed by atoms with van der Waals surface area (Å²) in [5, 5.41) is 8.63. The minimum atomic E-state index is -1.15. The van der Waals surface area contributed by atoms with Gasteiger partial charge in [-0.3, -0.25) is 0 Å². The molecule has 1 aliphatic rings. The molecule has 0 aliphatic heterocycles. The second-order valence-electron chi connectivity index (χ2n) is 4.76. The van der Waals surface area contributed by atoms with Crippen LogP contribution in [0.1, 0.15) is 29.6 Å². The second-order valence-corrected chi connectivity index (χ2v) is 4.76. The smallest absolute Gasteiger partial charge is 0.340 e. The summed E-state index contributed by atoms with van der Waals surface area (Å²) in [5.74, 6) is -3.07. The molecule has 1 saturated carbocycles. The normalized spacial score (nSPS) is 15.6. The molecule has 0 unspecified atom stereocenters. The van der Waals surface area contributed by atoms with Gasteiger partial charge in [0.25, 0.3) is 0 Å². The maximum atomic E-state index is 13.0. The molecule has 2 rings (SSSR count). The van der Waals surface area contributed by atoms with Crippen LogP contribution in [0.25, 0.3) is 0 Å². The number of esters is 1. The molecule has 0 saturated heterocycles. The molecule has 0 radical (unpaired) electrons. The lowest BCUT2D eigenvalue weighted by molar-refractivity contribution is 0.0420. The number of nitrogens with two attached hydrogens (primary N) is 1. The first kappa shape index (κ1) is 13.3. The Hall–Kier alpha value is -2.16. The van der Waals surface area contributed by atoms with Gasteiger partial charge in [-0.15, -0.1) is 0 Å². The molecule has 0 heterocycles. The van der Waals surface area contributed by atoms with E-state index >= 15 is 0 Å². The minimum absolute atomic E-state index is 0.0951. The van der Waals surface area contributed by atoms with E-state index in [4.69, 9.17) is 15.7 Å². The Labute approximate surface area is 108 Å². The Morgan fingerprint density at radius 2 is 2.05 bits per heavy atom. The number of anilines is 1. The Morgan fingerprint density at radius 1 is 1.42 bits per heavy atom. The van der Waals surface area contributed by atoms with Crippen LogP contribution in [0.2, 0.25) is 0 Å². The summed E-state index contributed by atoms with van der Waals surface area (Å²) in [5.41, 5.74) is 4.80. The van der Waals surface area contributed by atoms with Gasteiger partial charge in [0.2, 0.25) is 0 Å². The predicted octanol–water partition coefficient (Wildman–Crippen LogP) is 2.40. The van der Waals surface area contributed by atoms with Crippen molar-refractivity contribution in [3.8, 4) is 6.07 Å². The molecule has 4 nitrogen and oxygen atoms in total.